The second kappa shape index (κ2) is 4.31. The van der Waals surface area contributed by atoms with Gasteiger partial charge in [0, 0.05) is 11.7 Å². The number of nitrogens with two attached hydrogens (primary N) is 1. The summed E-state index contributed by atoms with van der Waals surface area (Å²) >= 11 is 1.96. The maximum Gasteiger partial charge on any atom is 0.243 e. The topological polar surface area (TPSA) is 64.9 Å². The molecule has 1 aliphatic rings. The van der Waals surface area contributed by atoms with Crippen LogP contribution in [0.1, 0.15) is 43.4 Å². The van der Waals surface area contributed by atoms with E-state index in [0.717, 1.165) is 11.6 Å². The lowest BCUT2D eigenvalue weighted by molar-refractivity contribution is 0.354. The van der Waals surface area contributed by atoms with E-state index in [9.17, 15) is 0 Å². The van der Waals surface area contributed by atoms with E-state index in [1.54, 1.807) is 0 Å². The van der Waals surface area contributed by atoms with Gasteiger partial charge in [-0.05, 0) is 25.5 Å². The molecule has 1 aromatic rings. The maximum absolute atomic E-state index is 5.66. The van der Waals surface area contributed by atoms with Gasteiger partial charge in [-0.2, -0.15) is 16.7 Å². The van der Waals surface area contributed by atoms with Gasteiger partial charge in [0.15, 0.2) is 5.82 Å². The molecular formula is C9H15N3OS. The van der Waals surface area contributed by atoms with Gasteiger partial charge in [-0.15, -0.1) is 0 Å². The molecule has 2 heterocycles. The summed E-state index contributed by atoms with van der Waals surface area (Å²) < 4.78 is 5.08. The van der Waals surface area contributed by atoms with Crippen LogP contribution in [0.4, 0.5) is 0 Å². The van der Waals surface area contributed by atoms with E-state index >= 15 is 0 Å². The number of thioether (sulfide) groups is 1. The lowest BCUT2D eigenvalue weighted by atomic mass is 10.1. The van der Waals surface area contributed by atoms with Gasteiger partial charge in [0.25, 0.3) is 0 Å². The predicted molar refractivity (Wildman–Crippen MR) is 56.2 cm³/mol. The van der Waals surface area contributed by atoms with Gasteiger partial charge in [0.2, 0.25) is 5.89 Å². The summed E-state index contributed by atoms with van der Waals surface area (Å²) in [6, 6.07) is -0.160. The molecule has 0 radical (unpaired) electrons. The fraction of sp³-hybridized carbons (Fsp3) is 0.778. The zero-order chi connectivity index (χ0) is 9.97. The Labute approximate surface area is 87.6 Å². The quantitative estimate of drug-likeness (QED) is 0.810. The van der Waals surface area contributed by atoms with Crippen LogP contribution in [-0.2, 0) is 0 Å². The van der Waals surface area contributed by atoms with Crippen molar-refractivity contribution in [1.82, 2.24) is 10.1 Å². The molecule has 1 aliphatic heterocycles. The van der Waals surface area contributed by atoms with Crippen molar-refractivity contribution in [3.05, 3.63) is 11.7 Å². The second-order valence-electron chi connectivity index (χ2n) is 3.69. The van der Waals surface area contributed by atoms with Gasteiger partial charge in [-0.25, -0.2) is 0 Å². The molecule has 5 heteroatoms. The van der Waals surface area contributed by atoms with Crippen molar-refractivity contribution < 1.29 is 4.52 Å². The molecule has 0 amide bonds. The molecule has 2 N–H and O–H groups in total. The van der Waals surface area contributed by atoms with E-state index in [1.807, 2.05) is 18.7 Å². The third-order valence-corrected chi connectivity index (χ3v) is 3.59. The number of hydrogen-bond acceptors (Lipinski definition) is 5. The van der Waals surface area contributed by atoms with Gasteiger partial charge in [-0.3, -0.25) is 0 Å². The van der Waals surface area contributed by atoms with Crippen molar-refractivity contribution in [2.75, 3.05) is 11.5 Å². The number of aromatic nitrogens is 2. The second-order valence-corrected chi connectivity index (χ2v) is 4.84. The predicted octanol–water partition coefficient (Wildman–Crippen LogP) is 1.70. The maximum atomic E-state index is 5.66. The zero-order valence-corrected chi connectivity index (χ0v) is 9.09. The van der Waals surface area contributed by atoms with Crippen LogP contribution in [0.15, 0.2) is 4.52 Å². The lowest BCUT2D eigenvalue weighted by Crippen LogP contribution is -2.11. The molecule has 0 spiro atoms. The van der Waals surface area contributed by atoms with Crippen molar-refractivity contribution in [2.45, 2.75) is 31.7 Å². The van der Waals surface area contributed by atoms with Crippen molar-refractivity contribution >= 4 is 11.8 Å². The Morgan fingerprint density at radius 2 is 2.50 bits per heavy atom. The number of hydrogen-bond donors (Lipinski definition) is 1. The highest BCUT2D eigenvalue weighted by Crippen LogP contribution is 2.29. The Morgan fingerprint density at radius 3 is 3.07 bits per heavy atom. The fourth-order valence-electron chi connectivity index (χ4n) is 1.54. The average molecular weight is 213 g/mol. The highest BCUT2D eigenvalue weighted by molar-refractivity contribution is 7.99. The summed E-state index contributed by atoms with van der Waals surface area (Å²) in [5.74, 6) is 4.22. The van der Waals surface area contributed by atoms with Crippen molar-refractivity contribution in [1.29, 1.82) is 0 Å². The molecule has 78 valence electrons. The van der Waals surface area contributed by atoms with Gasteiger partial charge in [-0.1, -0.05) is 5.16 Å². The minimum atomic E-state index is -0.160. The minimum Gasteiger partial charge on any atom is -0.338 e. The molecule has 2 unspecified atom stereocenters. The first-order valence-electron chi connectivity index (χ1n) is 4.94. The lowest BCUT2D eigenvalue weighted by Gasteiger charge is -2.17. The summed E-state index contributed by atoms with van der Waals surface area (Å²) in [7, 11) is 0. The van der Waals surface area contributed by atoms with Crippen LogP contribution >= 0.6 is 11.8 Å². The third-order valence-electron chi connectivity index (χ3n) is 2.37. The molecular weight excluding hydrogens is 198 g/mol. The first kappa shape index (κ1) is 9.98. The van der Waals surface area contributed by atoms with Gasteiger partial charge < -0.3 is 10.3 Å². The Hall–Kier alpha value is -0.550. The SMILES string of the molecule is CC(N)c1nc(C2CCCSC2)no1. The number of rotatable bonds is 2. The molecule has 0 bridgehead atoms. The summed E-state index contributed by atoms with van der Waals surface area (Å²) in [5, 5.41) is 3.98. The molecule has 1 aromatic heterocycles. The monoisotopic (exact) mass is 213 g/mol. The fourth-order valence-corrected chi connectivity index (χ4v) is 2.68. The van der Waals surface area contributed by atoms with Crippen molar-refractivity contribution in [3.63, 3.8) is 0 Å². The zero-order valence-electron chi connectivity index (χ0n) is 8.27. The molecule has 0 aromatic carbocycles. The van der Waals surface area contributed by atoms with Crippen LogP contribution in [0.2, 0.25) is 0 Å². The van der Waals surface area contributed by atoms with Crippen LogP contribution in [0.5, 0.6) is 0 Å². The molecule has 1 saturated heterocycles. The summed E-state index contributed by atoms with van der Waals surface area (Å²) in [6.45, 7) is 1.85. The van der Waals surface area contributed by atoms with Gasteiger partial charge >= 0.3 is 0 Å². The van der Waals surface area contributed by atoms with E-state index in [1.165, 1.54) is 18.6 Å². The highest BCUT2D eigenvalue weighted by atomic mass is 32.2. The van der Waals surface area contributed by atoms with Crippen LogP contribution in [0.25, 0.3) is 0 Å². The van der Waals surface area contributed by atoms with Crippen LogP contribution in [0.3, 0.4) is 0 Å². The summed E-state index contributed by atoms with van der Waals surface area (Å²) in [4.78, 5) is 4.32. The third kappa shape index (κ3) is 2.09. The van der Waals surface area contributed by atoms with E-state index < -0.39 is 0 Å². The van der Waals surface area contributed by atoms with E-state index in [0.29, 0.717) is 11.8 Å². The summed E-state index contributed by atoms with van der Waals surface area (Å²) in [6.07, 6.45) is 2.42. The molecule has 2 atom stereocenters. The largest absolute Gasteiger partial charge is 0.338 e. The Bertz CT molecular complexity index is 294. The Kier molecular flexibility index (Phi) is 3.08. The Balaban J connectivity index is 2.07. The first-order chi connectivity index (χ1) is 6.77. The van der Waals surface area contributed by atoms with E-state index in [4.69, 9.17) is 10.3 Å². The van der Waals surface area contributed by atoms with Gasteiger partial charge in [0.05, 0.1) is 6.04 Å². The van der Waals surface area contributed by atoms with Crippen LogP contribution in [-0.4, -0.2) is 21.6 Å². The highest BCUT2D eigenvalue weighted by Gasteiger charge is 2.21. The molecule has 0 aliphatic carbocycles. The molecule has 1 fully saturated rings. The van der Waals surface area contributed by atoms with Crippen LogP contribution in [0, 0.1) is 0 Å². The van der Waals surface area contributed by atoms with E-state index in [2.05, 4.69) is 10.1 Å². The normalized spacial score (nSPS) is 24.9. The average Bonchev–Trinajstić information content (AvgIpc) is 2.68. The smallest absolute Gasteiger partial charge is 0.243 e. The minimum absolute atomic E-state index is 0.160. The molecule has 4 nitrogen and oxygen atoms in total. The van der Waals surface area contributed by atoms with Crippen molar-refractivity contribution in [2.24, 2.45) is 5.73 Å². The van der Waals surface area contributed by atoms with Gasteiger partial charge in [0.1, 0.15) is 0 Å². The molecule has 2 rings (SSSR count). The number of nitrogens with zero attached hydrogens (tertiary/aromatic N) is 2. The van der Waals surface area contributed by atoms with Crippen molar-refractivity contribution in [3.8, 4) is 0 Å². The molecule has 0 saturated carbocycles. The Morgan fingerprint density at radius 1 is 1.64 bits per heavy atom. The molecule has 14 heavy (non-hydrogen) atoms. The van der Waals surface area contributed by atoms with E-state index in [-0.39, 0.29) is 6.04 Å². The standard InChI is InChI=1S/C9H15N3OS/c1-6(10)9-11-8(12-13-9)7-3-2-4-14-5-7/h6-7H,2-5,10H2,1H3. The summed E-state index contributed by atoms with van der Waals surface area (Å²) in [5.41, 5.74) is 5.66. The van der Waals surface area contributed by atoms with Crippen LogP contribution < -0.4 is 5.73 Å². The first-order valence-corrected chi connectivity index (χ1v) is 6.09.